The van der Waals surface area contributed by atoms with Gasteiger partial charge in [-0.2, -0.15) is 0 Å². The Labute approximate surface area is 127 Å². The number of hydrogen-bond donors (Lipinski definition) is 1. The van der Waals surface area contributed by atoms with E-state index in [1.807, 2.05) is 7.05 Å². The summed E-state index contributed by atoms with van der Waals surface area (Å²) in [6, 6.07) is 17.3. The summed E-state index contributed by atoms with van der Waals surface area (Å²) in [4.78, 5) is 0. The van der Waals surface area contributed by atoms with Crippen LogP contribution < -0.4 is 10.1 Å². The highest BCUT2D eigenvalue weighted by Crippen LogP contribution is 2.34. The topological polar surface area (TPSA) is 21.3 Å². The van der Waals surface area contributed by atoms with Crippen molar-refractivity contribution in [3.8, 4) is 5.75 Å². The summed E-state index contributed by atoms with van der Waals surface area (Å²) in [5, 5.41) is 3.40. The van der Waals surface area contributed by atoms with Crippen LogP contribution in [0.1, 0.15) is 42.5 Å². The molecule has 1 aliphatic rings. The van der Waals surface area contributed by atoms with Gasteiger partial charge in [0, 0.05) is 6.42 Å². The molecule has 2 heteroatoms. The molecule has 1 N–H and O–H groups in total. The van der Waals surface area contributed by atoms with E-state index in [4.69, 9.17) is 4.74 Å². The van der Waals surface area contributed by atoms with Crippen LogP contribution in [-0.2, 0) is 6.42 Å². The highest BCUT2D eigenvalue weighted by atomic mass is 16.5. The van der Waals surface area contributed by atoms with Crippen molar-refractivity contribution in [2.24, 2.45) is 0 Å². The first-order valence-corrected chi connectivity index (χ1v) is 7.70. The van der Waals surface area contributed by atoms with Gasteiger partial charge in [-0.05, 0) is 41.8 Å². The van der Waals surface area contributed by atoms with Crippen LogP contribution in [0.25, 0.3) is 0 Å². The largest absolute Gasteiger partial charge is 0.488 e. The molecule has 0 saturated carbocycles. The molecule has 2 nitrogen and oxygen atoms in total. The van der Waals surface area contributed by atoms with Gasteiger partial charge in [0.25, 0.3) is 0 Å². The third-order valence-electron chi connectivity index (χ3n) is 4.31. The summed E-state index contributed by atoms with van der Waals surface area (Å²) >= 11 is 0. The molecule has 0 heterocycles. The molecule has 2 atom stereocenters. The normalized spacial score (nSPS) is 20.6. The minimum atomic E-state index is 0.162. The Morgan fingerprint density at radius 2 is 1.90 bits per heavy atom. The number of likely N-dealkylation sites (N-methyl/N-ethyl adjacent to an activating group) is 1. The van der Waals surface area contributed by atoms with Gasteiger partial charge in [0.2, 0.25) is 0 Å². The standard InChI is InChI=1S/C19H23NO/c1-13(2)14-8-6-9-16(11-14)21-18-12-15-7-4-5-10-17(15)19(18)20-3/h4-11,13,18-20H,12H2,1-3H3. The molecule has 2 unspecified atom stereocenters. The van der Waals surface area contributed by atoms with Crippen molar-refractivity contribution in [1.29, 1.82) is 0 Å². The third kappa shape index (κ3) is 2.81. The summed E-state index contributed by atoms with van der Waals surface area (Å²) in [5.74, 6) is 1.49. The minimum absolute atomic E-state index is 0.162. The van der Waals surface area contributed by atoms with Gasteiger partial charge in [0.15, 0.2) is 0 Å². The van der Waals surface area contributed by atoms with Crippen LogP contribution in [-0.4, -0.2) is 13.2 Å². The van der Waals surface area contributed by atoms with Gasteiger partial charge in [0.05, 0.1) is 6.04 Å². The lowest BCUT2D eigenvalue weighted by Crippen LogP contribution is -2.30. The Balaban J connectivity index is 1.81. The summed E-state index contributed by atoms with van der Waals surface area (Å²) in [6.07, 6.45) is 1.13. The number of benzene rings is 2. The first kappa shape index (κ1) is 14.2. The van der Waals surface area contributed by atoms with Crippen molar-refractivity contribution in [2.75, 3.05) is 7.05 Å². The zero-order valence-corrected chi connectivity index (χ0v) is 13.0. The Hall–Kier alpha value is -1.80. The molecule has 1 aliphatic carbocycles. The zero-order chi connectivity index (χ0) is 14.8. The lowest BCUT2D eigenvalue weighted by Gasteiger charge is -2.22. The first-order chi connectivity index (χ1) is 10.2. The van der Waals surface area contributed by atoms with Gasteiger partial charge in [-0.25, -0.2) is 0 Å². The van der Waals surface area contributed by atoms with Gasteiger partial charge in [0.1, 0.15) is 11.9 Å². The first-order valence-electron chi connectivity index (χ1n) is 7.70. The molecule has 0 aromatic heterocycles. The predicted octanol–water partition coefficient (Wildman–Crippen LogP) is 4.07. The third-order valence-corrected chi connectivity index (χ3v) is 4.31. The summed E-state index contributed by atoms with van der Waals surface area (Å²) < 4.78 is 6.29. The number of fused-ring (bicyclic) bond motifs is 1. The Bertz CT molecular complexity index is 620. The summed E-state index contributed by atoms with van der Waals surface area (Å²) in [6.45, 7) is 4.42. The molecular formula is C19H23NO. The molecule has 0 amide bonds. The second kappa shape index (κ2) is 5.90. The fourth-order valence-corrected chi connectivity index (χ4v) is 3.13. The van der Waals surface area contributed by atoms with E-state index in [-0.39, 0.29) is 12.1 Å². The Kier molecular flexibility index (Phi) is 3.98. The van der Waals surface area contributed by atoms with Crippen molar-refractivity contribution < 1.29 is 4.74 Å². The molecule has 2 aromatic rings. The van der Waals surface area contributed by atoms with Gasteiger partial charge in [-0.1, -0.05) is 50.2 Å². The second-order valence-electron chi connectivity index (χ2n) is 6.05. The van der Waals surface area contributed by atoms with Crippen LogP contribution in [0.15, 0.2) is 48.5 Å². The van der Waals surface area contributed by atoms with Gasteiger partial charge < -0.3 is 10.1 Å². The van der Waals surface area contributed by atoms with E-state index in [0.29, 0.717) is 5.92 Å². The second-order valence-corrected chi connectivity index (χ2v) is 6.05. The highest BCUT2D eigenvalue weighted by molar-refractivity contribution is 5.38. The number of hydrogen-bond acceptors (Lipinski definition) is 2. The number of rotatable bonds is 4. The fraction of sp³-hybridized carbons (Fsp3) is 0.368. The molecule has 0 bridgehead atoms. The molecule has 3 rings (SSSR count). The highest BCUT2D eigenvalue weighted by Gasteiger charge is 2.32. The molecule has 0 fully saturated rings. The molecule has 21 heavy (non-hydrogen) atoms. The lowest BCUT2D eigenvalue weighted by atomic mass is 10.0. The SMILES string of the molecule is CNC1c2ccccc2CC1Oc1cccc(C(C)C)c1. The molecule has 0 saturated heterocycles. The number of ether oxygens (including phenoxy) is 1. The maximum atomic E-state index is 6.29. The zero-order valence-electron chi connectivity index (χ0n) is 13.0. The van der Waals surface area contributed by atoms with E-state index in [0.717, 1.165) is 12.2 Å². The predicted molar refractivity (Wildman–Crippen MR) is 86.9 cm³/mol. The van der Waals surface area contributed by atoms with E-state index in [9.17, 15) is 0 Å². The van der Waals surface area contributed by atoms with Crippen LogP contribution in [0.3, 0.4) is 0 Å². The summed E-state index contributed by atoms with van der Waals surface area (Å²) in [7, 11) is 2.01. The van der Waals surface area contributed by atoms with Crippen LogP contribution >= 0.6 is 0 Å². The van der Waals surface area contributed by atoms with E-state index in [2.05, 4.69) is 67.7 Å². The minimum Gasteiger partial charge on any atom is -0.488 e. The average molecular weight is 281 g/mol. The van der Waals surface area contributed by atoms with Crippen LogP contribution in [0, 0.1) is 0 Å². The smallest absolute Gasteiger partial charge is 0.122 e. The van der Waals surface area contributed by atoms with Gasteiger partial charge in [-0.15, -0.1) is 0 Å². The average Bonchev–Trinajstić information content (AvgIpc) is 2.84. The van der Waals surface area contributed by atoms with Crippen molar-refractivity contribution in [1.82, 2.24) is 5.32 Å². The lowest BCUT2D eigenvalue weighted by molar-refractivity contribution is 0.171. The van der Waals surface area contributed by atoms with Crippen LogP contribution in [0.4, 0.5) is 0 Å². The van der Waals surface area contributed by atoms with E-state index < -0.39 is 0 Å². The molecular weight excluding hydrogens is 258 g/mol. The van der Waals surface area contributed by atoms with Crippen LogP contribution in [0.2, 0.25) is 0 Å². The van der Waals surface area contributed by atoms with Crippen molar-refractivity contribution in [3.05, 3.63) is 65.2 Å². The van der Waals surface area contributed by atoms with Gasteiger partial charge >= 0.3 is 0 Å². The summed E-state index contributed by atoms with van der Waals surface area (Å²) in [5.41, 5.74) is 4.08. The molecule has 0 aliphatic heterocycles. The maximum Gasteiger partial charge on any atom is 0.122 e. The van der Waals surface area contributed by atoms with Crippen molar-refractivity contribution in [3.63, 3.8) is 0 Å². The maximum absolute atomic E-state index is 6.29. The number of nitrogens with one attached hydrogen (secondary N) is 1. The fourth-order valence-electron chi connectivity index (χ4n) is 3.13. The van der Waals surface area contributed by atoms with Gasteiger partial charge in [-0.3, -0.25) is 0 Å². The molecule has 110 valence electrons. The van der Waals surface area contributed by atoms with Crippen LogP contribution in [0.5, 0.6) is 5.75 Å². The monoisotopic (exact) mass is 281 g/mol. The van der Waals surface area contributed by atoms with Crippen molar-refractivity contribution >= 4 is 0 Å². The molecule has 2 aromatic carbocycles. The molecule has 0 spiro atoms. The van der Waals surface area contributed by atoms with Crippen molar-refractivity contribution in [2.45, 2.75) is 38.3 Å². The Morgan fingerprint density at radius 3 is 2.67 bits per heavy atom. The van der Waals surface area contributed by atoms with E-state index in [1.165, 1.54) is 16.7 Å². The van der Waals surface area contributed by atoms with E-state index >= 15 is 0 Å². The quantitative estimate of drug-likeness (QED) is 0.912. The Morgan fingerprint density at radius 1 is 1.10 bits per heavy atom. The molecule has 0 radical (unpaired) electrons. The van der Waals surface area contributed by atoms with E-state index in [1.54, 1.807) is 0 Å².